The molecule has 4 nitrogen and oxygen atoms in total. The van der Waals surface area contributed by atoms with Crippen molar-refractivity contribution in [3.8, 4) is 0 Å². The van der Waals surface area contributed by atoms with Crippen molar-refractivity contribution in [3.63, 3.8) is 0 Å². The predicted octanol–water partition coefficient (Wildman–Crippen LogP) is 1.43. The van der Waals surface area contributed by atoms with Gasteiger partial charge in [-0.2, -0.15) is 0 Å². The Morgan fingerprint density at radius 1 is 1.28 bits per heavy atom. The average Bonchev–Trinajstić information content (AvgIpc) is 2.46. The molecule has 0 amide bonds. The van der Waals surface area contributed by atoms with Gasteiger partial charge >= 0.3 is 0 Å². The minimum atomic E-state index is 0.603. The first-order valence-corrected chi connectivity index (χ1v) is 7.32. The summed E-state index contributed by atoms with van der Waals surface area (Å²) in [6.45, 7) is 6.39. The van der Waals surface area contributed by atoms with Crippen LogP contribution in [0.3, 0.4) is 0 Å². The Morgan fingerprint density at radius 2 is 1.94 bits per heavy atom. The molecular weight excluding hydrogens is 226 g/mol. The fourth-order valence-electron chi connectivity index (χ4n) is 2.81. The molecule has 2 aliphatic rings. The highest BCUT2D eigenvalue weighted by Crippen LogP contribution is 2.19. The summed E-state index contributed by atoms with van der Waals surface area (Å²) in [6.07, 6.45) is 7.79. The van der Waals surface area contributed by atoms with E-state index >= 15 is 0 Å². The fraction of sp³-hybridized carbons (Fsp3) is 0.857. The van der Waals surface area contributed by atoms with Crippen LogP contribution in [0.2, 0.25) is 0 Å². The number of hydrogen-bond acceptors (Lipinski definition) is 4. The lowest BCUT2D eigenvalue weighted by molar-refractivity contribution is 0.0244. The van der Waals surface area contributed by atoms with Gasteiger partial charge in [-0.05, 0) is 32.1 Å². The van der Waals surface area contributed by atoms with Gasteiger partial charge in [0.2, 0.25) is 0 Å². The Labute approximate surface area is 111 Å². The van der Waals surface area contributed by atoms with Crippen LogP contribution in [-0.4, -0.2) is 43.3 Å². The van der Waals surface area contributed by atoms with Crippen molar-refractivity contribution in [2.24, 2.45) is 5.73 Å². The molecule has 104 valence electrons. The van der Waals surface area contributed by atoms with Crippen LogP contribution in [-0.2, 0) is 4.74 Å². The summed E-state index contributed by atoms with van der Waals surface area (Å²) in [5.41, 5.74) is 6.75. The maximum Gasteiger partial charge on any atom is 0.0480 e. The Kier molecular flexibility index (Phi) is 5.32. The third kappa shape index (κ3) is 3.89. The molecule has 2 fully saturated rings. The molecule has 2 saturated heterocycles. The lowest BCUT2D eigenvalue weighted by Crippen LogP contribution is -2.47. The number of likely N-dealkylation sites (tertiary alicyclic amines) is 1. The first-order chi connectivity index (χ1) is 8.79. The van der Waals surface area contributed by atoms with Crippen molar-refractivity contribution in [1.29, 1.82) is 0 Å². The van der Waals surface area contributed by atoms with E-state index in [1.807, 2.05) is 6.20 Å². The van der Waals surface area contributed by atoms with Crippen LogP contribution in [0.4, 0.5) is 0 Å². The number of nitrogens with two attached hydrogens (primary N) is 1. The SMILES string of the molecule is CC/C(N)=C/NC1CCN(C2CCOCC2)CC1. The van der Waals surface area contributed by atoms with E-state index in [0.717, 1.165) is 31.4 Å². The van der Waals surface area contributed by atoms with Gasteiger partial charge in [0.1, 0.15) is 0 Å². The molecular formula is C14H27N3O. The normalized spacial score (nSPS) is 25.3. The van der Waals surface area contributed by atoms with Gasteiger partial charge in [0.15, 0.2) is 0 Å². The van der Waals surface area contributed by atoms with Crippen LogP contribution in [0, 0.1) is 0 Å². The van der Waals surface area contributed by atoms with Crippen molar-refractivity contribution in [1.82, 2.24) is 10.2 Å². The third-order valence-corrected chi connectivity index (χ3v) is 4.15. The van der Waals surface area contributed by atoms with Gasteiger partial charge in [-0.3, -0.25) is 0 Å². The second-order valence-corrected chi connectivity index (χ2v) is 5.39. The molecule has 0 aliphatic carbocycles. The Bertz CT molecular complexity index is 266. The van der Waals surface area contributed by atoms with Gasteiger partial charge in [-0.15, -0.1) is 0 Å². The topological polar surface area (TPSA) is 50.5 Å². The molecule has 0 radical (unpaired) electrons. The van der Waals surface area contributed by atoms with E-state index in [9.17, 15) is 0 Å². The van der Waals surface area contributed by atoms with Crippen molar-refractivity contribution in [2.45, 2.75) is 51.1 Å². The quantitative estimate of drug-likeness (QED) is 0.796. The number of allylic oxidation sites excluding steroid dienone is 1. The molecule has 2 aliphatic heterocycles. The van der Waals surface area contributed by atoms with Crippen molar-refractivity contribution >= 4 is 0 Å². The summed E-state index contributed by atoms with van der Waals surface area (Å²) in [5.74, 6) is 0. The van der Waals surface area contributed by atoms with Crippen molar-refractivity contribution < 1.29 is 4.74 Å². The molecule has 0 atom stereocenters. The van der Waals surface area contributed by atoms with Gasteiger partial charge in [-0.1, -0.05) is 6.92 Å². The van der Waals surface area contributed by atoms with Crippen molar-refractivity contribution in [2.75, 3.05) is 26.3 Å². The maximum absolute atomic E-state index is 5.81. The summed E-state index contributed by atoms with van der Waals surface area (Å²) < 4.78 is 5.43. The molecule has 2 rings (SSSR count). The summed E-state index contributed by atoms with van der Waals surface area (Å²) in [7, 11) is 0. The fourth-order valence-corrected chi connectivity index (χ4v) is 2.81. The monoisotopic (exact) mass is 253 g/mol. The minimum absolute atomic E-state index is 0.603. The smallest absolute Gasteiger partial charge is 0.0480 e. The van der Waals surface area contributed by atoms with Crippen LogP contribution in [0.5, 0.6) is 0 Å². The van der Waals surface area contributed by atoms with Gasteiger partial charge < -0.3 is 20.7 Å². The van der Waals surface area contributed by atoms with Crippen molar-refractivity contribution in [3.05, 3.63) is 11.9 Å². The van der Waals surface area contributed by atoms with E-state index in [-0.39, 0.29) is 0 Å². The molecule has 3 N–H and O–H groups in total. The van der Waals surface area contributed by atoms with Crippen LogP contribution in [0.15, 0.2) is 11.9 Å². The number of piperidine rings is 1. The number of nitrogens with one attached hydrogen (secondary N) is 1. The Balaban J connectivity index is 1.70. The molecule has 2 heterocycles. The number of rotatable bonds is 4. The van der Waals surface area contributed by atoms with E-state index in [2.05, 4.69) is 17.1 Å². The van der Waals surface area contributed by atoms with Gasteiger partial charge in [-0.25, -0.2) is 0 Å². The average molecular weight is 253 g/mol. The zero-order valence-corrected chi connectivity index (χ0v) is 11.5. The highest BCUT2D eigenvalue weighted by Gasteiger charge is 2.25. The third-order valence-electron chi connectivity index (χ3n) is 4.15. The van der Waals surface area contributed by atoms with E-state index in [1.165, 1.54) is 38.8 Å². The molecule has 0 aromatic carbocycles. The highest BCUT2D eigenvalue weighted by molar-refractivity contribution is 4.95. The molecule has 0 saturated carbocycles. The molecule has 0 unspecified atom stereocenters. The molecule has 0 bridgehead atoms. The summed E-state index contributed by atoms with van der Waals surface area (Å²) in [4.78, 5) is 2.65. The van der Waals surface area contributed by atoms with Crippen LogP contribution >= 0.6 is 0 Å². The minimum Gasteiger partial charge on any atom is -0.401 e. The Hall–Kier alpha value is -0.740. The summed E-state index contributed by atoms with van der Waals surface area (Å²) in [6, 6.07) is 1.36. The number of ether oxygens (including phenoxy) is 1. The van der Waals surface area contributed by atoms with E-state index in [1.54, 1.807) is 0 Å². The first kappa shape index (κ1) is 13.7. The summed E-state index contributed by atoms with van der Waals surface area (Å²) >= 11 is 0. The summed E-state index contributed by atoms with van der Waals surface area (Å²) in [5, 5.41) is 3.46. The molecule has 4 heteroatoms. The molecule has 0 spiro atoms. The molecule has 0 aromatic heterocycles. The number of hydrogen-bond donors (Lipinski definition) is 2. The van der Waals surface area contributed by atoms with E-state index in [4.69, 9.17) is 10.5 Å². The molecule has 0 aromatic rings. The lowest BCUT2D eigenvalue weighted by atomic mass is 10.00. The largest absolute Gasteiger partial charge is 0.401 e. The second-order valence-electron chi connectivity index (χ2n) is 5.39. The highest BCUT2D eigenvalue weighted by atomic mass is 16.5. The standard InChI is InChI=1S/C14H27N3O/c1-2-12(15)11-16-13-3-7-17(8-4-13)14-5-9-18-10-6-14/h11,13-14,16H,2-10,15H2,1H3/b12-11-. The van der Waals surface area contributed by atoms with E-state index < -0.39 is 0 Å². The predicted molar refractivity (Wildman–Crippen MR) is 74.1 cm³/mol. The zero-order valence-electron chi connectivity index (χ0n) is 11.5. The van der Waals surface area contributed by atoms with Crippen LogP contribution in [0.25, 0.3) is 0 Å². The lowest BCUT2D eigenvalue weighted by Gasteiger charge is -2.39. The molecule has 18 heavy (non-hydrogen) atoms. The second kappa shape index (κ2) is 7.00. The van der Waals surface area contributed by atoms with Gasteiger partial charge in [0, 0.05) is 50.3 Å². The number of nitrogens with zero attached hydrogens (tertiary/aromatic N) is 1. The van der Waals surface area contributed by atoms with Gasteiger partial charge in [0.05, 0.1) is 0 Å². The van der Waals surface area contributed by atoms with E-state index in [0.29, 0.717) is 6.04 Å². The van der Waals surface area contributed by atoms with Crippen LogP contribution < -0.4 is 11.1 Å². The van der Waals surface area contributed by atoms with Gasteiger partial charge in [0.25, 0.3) is 0 Å². The van der Waals surface area contributed by atoms with Crippen LogP contribution in [0.1, 0.15) is 39.0 Å². The Morgan fingerprint density at radius 3 is 2.56 bits per heavy atom. The first-order valence-electron chi connectivity index (χ1n) is 7.32. The zero-order chi connectivity index (χ0) is 12.8. The maximum atomic E-state index is 5.81.